The molecule has 0 atom stereocenters. The molecule has 1 rings (SSSR count). The Bertz CT molecular complexity index is 89.8. The summed E-state index contributed by atoms with van der Waals surface area (Å²) in [5, 5.41) is 0. The number of hydrogen-bond donors (Lipinski definition) is 0. The van der Waals surface area contributed by atoms with Gasteiger partial charge in [0.05, 0.1) is 0 Å². The molecule has 0 amide bonds. The number of hydrogen-bond acceptors (Lipinski definition) is 1. The van der Waals surface area contributed by atoms with Crippen molar-refractivity contribution in [3.63, 3.8) is 0 Å². The molecule has 0 spiro atoms. The van der Waals surface area contributed by atoms with Gasteiger partial charge < -0.3 is 0 Å². The van der Waals surface area contributed by atoms with Crippen LogP contribution in [0.4, 0.5) is 0 Å². The van der Waals surface area contributed by atoms with Gasteiger partial charge in [-0.2, -0.15) is 0 Å². The summed E-state index contributed by atoms with van der Waals surface area (Å²) >= 11 is 0. The molecule has 1 heterocycles. The van der Waals surface area contributed by atoms with Crippen LogP contribution in [0.3, 0.4) is 0 Å². The van der Waals surface area contributed by atoms with Crippen molar-refractivity contribution in [2.45, 2.75) is 6.92 Å². The Hall–Kier alpha value is -0.590. The second-order valence-corrected chi connectivity index (χ2v) is 1.15. The van der Waals surface area contributed by atoms with Crippen LogP contribution >= 0.6 is 0 Å². The van der Waals surface area contributed by atoms with Gasteiger partial charge in [-0.15, -0.1) is 0 Å². The fraction of sp³-hybridized carbons (Fsp3) is 0.250. The van der Waals surface area contributed by atoms with Gasteiger partial charge >= 0.3 is 0 Å². The molecule has 0 aromatic heterocycles. The van der Waals surface area contributed by atoms with Crippen LogP contribution in [0.5, 0.6) is 0 Å². The summed E-state index contributed by atoms with van der Waals surface area (Å²) in [5.41, 5.74) is 1.27. The Morgan fingerprint density at radius 3 is 2.20 bits per heavy atom. The van der Waals surface area contributed by atoms with E-state index in [-0.39, 0.29) is 0 Å². The first-order chi connectivity index (χ1) is 2.39. The van der Waals surface area contributed by atoms with Gasteiger partial charge in [0, 0.05) is 12.4 Å². The quantitative estimate of drug-likeness (QED) is 0.400. The van der Waals surface area contributed by atoms with Gasteiger partial charge in [0.25, 0.3) is 0 Å². The topological polar surface area (TPSA) is 12.4 Å². The molecule has 0 aromatic rings. The van der Waals surface area contributed by atoms with Crippen molar-refractivity contribution in [1.82, 2.24) is 0 Å². The average molecular weight is 67.1 g/mol. The zero-order valence-corrected chi connectivity index (χ0v) is 3.10. The van der Waals surface area contributed by atoms with Crippen molar-refractivity contribution < 1.29 is 0 Å². The van der Waals surface area contributed by atoms with Crippen LogP contribution in [0, 0.1) is 0 Å². The van der Waals surface area contributed by atoms with Crippen molar-refractivity contribution in [1.29, 1.82) is 0 Å². The fourth-order valence-electron chi connectivity index (χ4n) is 0.224. The van der Waals surface area contributed by atoms with E-state index in [9.17, 15) is 0 Å². The van der Waals surface area contributed by atoms with Gasteiger partial charge in [-0.05, 0) is 12.5 Å². The van der Waals surface area contributed by atoms with Gasteiger partial charge in [0.15, 0.2) is 0 Å². The molecule has 26 valence electrons. The Kier molecular flexibility index (Phi) is 0.357. The lowest BCUT2D eigenvalue weighted by molar-refractivity contribution is 1.40. The third-order valence-corrected chi connectivity index (χ3v) is 0.556. The molecule has 1 aliphatic heterocycles. The molecule has 0 unspecified atom stereocenters. The second kappa shape index (κ2) is 0.677. The van der Waals surface area contributed by atoms with E-state index >= 15 is 0 Å². The molecule has 0 N–H and O–H groups in total. The van der Waals surface area contributed by atoms with Crippen LogP contribution in [0.2, 0.25) is 0 Å². The molecule has 0 saturated carbocycles. The number of allylic oxidation sites excluding steroid dienone is 1. The second-order valence-electron chi connectivity index (χ2n) is 1.15. The summed E-state index contributed by atoms with van der Waals surface area (Å²) in [5.74, 6) is 0. The molecule has 0 bridgehead atoms. The molecule has 0 aliphatic carbocycles. The normalized spacial score (nSPS) is 17.4. The van der Waals surface area contributed by atoms with Crippen LogP contribution in [-0.4, -0.2) is 6.21 Å². The lowest BCUT2D eigenvalue weighted by Gasteiger charge is -1.91. The maximum absolute atomic E-state index is 3.71. The molecule has 0 fully saturated rings. The average Bonchev–Trinajstić information content (AvgIpc) is 1.30. The summed E-state index contributed by atoms with van der Waals surface area (Å²) in [4.78, 5) is 3.71. The zero-order valence-electron chi connectivity index (χ0n) is 3.10. The van der Waals surface area contributed by atoms with Gasteiger partial charge in [-0.1, -0.05) is 0 Å². The predicted octanol–water partition coefficient (Wildman–Crippen LogP) is 0.975. The van der Waals surface area contributed by atoms with E-state index in [0.29, 0.717) is 0 Å². The third-order valence-electron chi connectivity index (χ3n) is 0.556. The molecule has 0 aromatic carbocycles. The molecule has 1 heteroatoms. The molecular weight excluding hydrogens is 62.1 g/mol. The van der Waals surface area contributed by atoms with Gasteiger partial charge in [-0.25, -0.2) is 0 Å². The largest absolute Gasteiger partial charge is 0.264 e. The molecule has 0 radical (unpaired) electrons. The number of rotatable bonds is 0. The maximum Gasteiger partial charge on any atom is 0.0312 e. The highest BCUT2D eigenvalue weighted by Crippen LogP contribution is 1.95. The van der Waals surface area contributed by atoms with Gasteiger partial charge in [-0.3, -0.25) is 4.99 Å². The SMILES string of the molecule is CC1=CN=C1. The maximum atomic E-state index is 3.71. The van der Waals surface area contributed by atoms with E-state index in [1.54, 1.807) is 0 Å². The standard InChI is InChI=1S/C4H5N/c1-4-2-5-3-4/h2-3H,1H3. The molecular formula is C4H5N. The first kappa shape index (κ1) is 2.64. The summed E-state index contributed by atoms with van der Waals surface area (Å²) in [6.07, 6.45) is 3.67. The van der Waals surface area contributed by atoms with Crippen LogP contribution in [0.1, 0.15) is 6.92 Å². The van der Waals surface area contributed by atoms with Gasteiger partial charge in [0.1, 0.15) is 0 Å². The zero-order chi connectivity index (χ0) is 3.70. The fourth-order valence-corrected chi connectivity index (χ4v) is 0.224. The van der Waals surface area contributed by atoms with E-state index in [1.807, 2.05) is 19.3 Å². The van der Waals surface area contributed by atoms with Crippen LogP contribution in [0.25, 0.3) is 0 Å². The van der Waals surface area contributed by atoms with Gasteiger partial charge in [0.2, 0.25) is 0 Å². The van der Waals surface area contributed by atoms with E-state index in [1.165, 1.54) is 5.57 Å². The number of aliphatic imine (C=N–C) groups is 1. The lowest BCUT2D eigenvalue weighted by atomic mass is 10.3. The molecule has 5 heavy (non-hydrogen) atoms. The first-order valence-corrected chi connectivity index (χ1v) is 1.59. The van der Waals surface area contributed by atoms with E-state index < -0.39 is 0 Å². The molecule has 0 saturated heterocycles. The highest BCUT2D eigenvalue weighted by molar-refractivity contribution is 5.83. The monoisotopic (exact) mass is 67.0 g/mol. The van der Waals surface area contributed by atoms with Crippen LogP contribution in [0.15, 0.2) is 16.8 Å². The highest BCUT2D eigenvalue weighted by Gasteiger charge is 1.84. The minimum Gasteiger partial charge on any atom is -0.264 e. The van der Waals surface area contributed by atoms with E-state index in [2.05, 4.69) is 4.99 Å². The van der Waals surface area contributed by atoms with Crippen molar-refractivity contribution in [2.24, 2.45) is 4.99 Å². The third kappa shape index (κ3) is 0.232. The summed E-state index contributed by atoms with van der Waals surface area (Å²) in [6.45, 7) is 2.02. The van der Waals surface area contributed by atoms with Crippen molar-refractivity contribution in [3.05, 3.63) is 11.8 Å². The Balaban J connectivity index is 2.60. The van der Waals surface area contributed by atoms with Crippen molar-refractivity contribution >= 4 is 6.21 Å². The highest BCUT2D eigenvalue weighted by atomic mass is 14.7. The van der Waals surface area contributed by atoms with E-state index in [0.717, 1.165) is 0 Å². The van der Waals surface area contributed by atoms with E-state index in [4.69, 9.17) is 0 Å². The minimum absolute atomic E-state index is 1.27. The Morgan fingerprint density at radius 2 is 2.20 bits per heavy atom. The van der Waals surface area contributed by atoms with Crippen LogP contribution in [-0.2, 0) is 0 Å². The molecule has 1 nitrogen and oxygen atoms in total. The Morgan fingerprint density at radius 1 is 1.80 bits per heavy atom. The van der Waals surface area contributed by atoms with Crippen molar-refractivity contribution in [2.75, 3.05) is 0 Å². The summed E-state index contributed by atoms with van der Waals surface area (Å²) in [6, 6.07) is 0. The number of nitrogens with zero attached hydrogens (tertiary/aromatic N) is 1. The predicted molar refractivity (Wildman–Crippen MR) is 22.2 cm³/mol. The van der Waals surface area contributed by atoms with Crippen molar-refractivity contribution in [3.8, 4) is 0 Å². The summed E-state index contributed by atoms with van der Waals surface area (Å²) in [7, 11) is 0. The molecule has 1 aliphatic rings. The smallest absolute Gasteiger partial charge is 0.0312 e. The summed E-state index contributed by atoms with van der Waals surface area (Å²) < 4.78 is 0. The van der Waals surface area contributed by atoms with Crippen LogP contribution < -0.4 is 0 Å². The lowest BCUT2D eigenvalue weighted by Crippen LogP contribution is -1.82. The minimum atomic E-state index is 1.27. The Labute approximate surface area is 31.0 Å². The first-order valence-electron chi connectivity index (χ1n) is 1.59.